The van der Waals surface area contributed by atoms with Crippen LogP contribution in [0.2, 0.25) is 0 Å². The number of aromatic nitrogens is 2. The zero-order valence-electron chi connectivity index (χ0n) is 10.1. The summed E-state index contributed by atoms with van der Waals surface area (Å²) in [6.07, 6.45) is 3.37. The Labute approximate surface area is 108 Å². The van der Waals surface area contributed by atoms with Gasteiger partial charge >= 0.3 is 5.69 Å². The van der Waals surface area contributed by atoms with E-state index in [1.54, 1.807) is 24.0 Å². The molecule has 0 aliphatic heterocycles. The van der Waals surface area contributed by atoms with Gasteiger partial charge in [-0.1, -0.05) is 0 Å². The van der Waals surface area contributed by atoms with Gasteiger partial charge in [-0.3, -0.25) is 10.1 Å². The number of aryl methyl sites for hydroxylation is 1. The standard InChI is InChI=1S/C12H10N4O3/c1-15-5-4-14-12(15)8-19-11-3-2-9(7-13)6-10(11)16(17)18/h2-6H,8H2,1H3. The number of imidazole rings is 1. The second-order valence-corrected chi connectivity index (χ2v) is 3.79. The number of benzene rings is 1. The molecule has 0 unspecified atom stereocenters. The van der Waals surface area contributed by atoms with E-state index in [1.807, 2.05) is 6.07 Å². The minimum absolute atomic E-state index is 0.118. The van der Waals surface area contributed by atoms with Crippen LogP contribution in [0, 0.1) is 21.4 Å². The van der Waals surface area contributed by atoms with Gasteiger partial charge in [-0.05, 0) is 12.1 Å². The normalized spacial score (nSPS) is 9.89. The molecule has 0 saturated heterocycles. The molecule has 0 radical (unpaired) electrons. The molecule has 1 heterocycles. The van der Waals surface area contributed by atoms with Crippen molar-refractivity contribution in [2.45, 2.75) is 6.61 Å². The Morgan fingerprint density at radius 3 is 2.95 bits per heavy atom. The van der Waals surface area contributed by atoms with Crippen molar-refractivity contribution in [2.75, 3.05) is 0 Å². The number of nitriles is 1. The highest BCUT2D eigenvalue weighted by molar-refractivity contribution is 5.51. The molecule has 0 N–H and O–H groups in total. The molecule has 7 nitrogen and oxygen atoms in total. The van der Waals surface area contributed by atoms with E-state index >= 15 is 0 Å². The zero-order chi connectivity index (χ0) is 13.8. The summed E-state index contributed by atoms with van der Waals surface area (Å²) in [4.78, 5) is 14.4. The maximum Gasteiger partial charge on any atom is 0.312 e. The molecule has 7 heteroatoms. The van der Waals surface area contributed by atoms with E-state index in [2.05, 4.69) is 4.98 Å². The molecule has 0 amide bonds. The van der Waals surface area contributed by atoms with Crippen molar-refractivity contribution in [3.8, 4) is 11.8 Å². The first-order valence-corrected chi connectivity index (χ1v) is 5.39. The Balaban J connectivity index is 2.23. The number of ether oxygens (including phenoxy) is 1. The molecule has 2 rings (SSSR count). The third-order valence-electron chi connectivity index (χ3n) is 2.56. The van der Waals surface area contributed by atoms with Crippen LogP contribution >= 0.6 is 0 Å². The lowest BCUT2D eigenvalue weighted by atomic mass is 10.2. The lowest BCUT2D eigenvalue weighted by molar-refractivity contribution is -0.386. The predicted octanol–water partition coefficient (Wildman–Crippen LogP) is 1.78. The van der Waals surface area contributed by atoms with E-state index in [-0.39, 0.29) is 23.6 Å². The Kier molecular flexibility index (Phi) is 3.43. The lowest BCUT2D eigenvalue weighted by Crippen LogP contribution is -2.04. The number of rotatable bonds is 4. The van der Waals surface area contributed by atoms with Crippen molar-refractivity contribution < 1.29 is 9.66 Å². The molecule has 2 aromatic rings. The van der Waals surface area contributed by atoms with E-state index in [1.165, 1.54) is 18.2 Å². The third-order valence-corrected chi connectivity index (χ3v) is 2.56. The highest BCUT2D eigenvalue weighted by Gasteiger charge is 2.16. The molecule has 0 bridgehead atoms. The first-order chi connectivity index (χ1) is 9.11. The van der Waals surface area contributed by atoms with Crippen LogP contribution in [0.15, 0.2) is 30.6 Å². The van der Waals surface area contributed by atoms with Gasteiger partial charge in [-0.2, -0.15) is 5.26 Å². The van der Waals surface area contributed by atoms with Gasteiger partial charge in [-0.15, -0.1) is 0 Å². The summed E-state index contributed by atoms with van der Waals surface area (Å²) in [5.41, 5.74) is -0.00991. The van der Waals surface area contributed by atoms with Gasteiger partial charge in [0.2, 0.25) is 0 Å². The maximum absolute atomic E-state index is 10.9. The fraction of sp³-hybridized carbons (Fsp3) is 0.167. The number of nitrogens with zero attached hydrogens (tertiary/aromatic N) is 4. The predicted molar refractivity (Wildman–Crippen MR) is 65.4 cm³/mol. The minimum atomic E-state index is -0.575. The summed E-state index contributed by atoms with van der Waals surface area (Å²) >= 11 is 0. The smallest absolute Gasteiger partial charge is 0.312 e. The number of hydrogen-bond acceptors (Lipinski definition) is 5. The van der Waals surface area contributed by atoms with Gasteiger partial charge in [0.25, 0.3) is 0 Å². The van der Waals surface area contributed by atoms with Crippen molar-refractivity contribution in [2.24, 2.45) is 7.05 Å². The number of hydrogen-bond donors (Lipinski definition) is 0. The van der Waals surface area contributed by atoms with Crippen molar-refractivity contribution in [1.29, 1.82) is 5.26 Å². The van der Waals surface area contributed by atoms with Crippen LogP contribution in [-0.2, 0) is 13.7 Å². The fourth-order valence-electron chi connectivity index (χ4n) is 1.53. The second-order valence-electron chi connectivity index (χ2n) is 3.79. The average Bonchev–Trinajstić information content (AvgIpc) is 2.81. The summed E-state index contributed by atoms with van der Waals surface area (Å²) in [5, 5.41) is 19.6. The van der Waals surface area contributed by atoms with Crippen molar-refractivity contribution >= 4 is 5.69 Å². The van der Waals surface area contributed by atoms with Gasteiger partial charge in [0.1, 0.15) is 12.4 Å². The van der Waals surface area contributed by atoms with Crippen molar-refractivity contribution in [3.63, 3.8) is 0 Å². The average molecular weight is 258 g/mol. The van der Waals surface area contributed by atoms with E-state index in [4.69, 9.17) is 10.00 Å². The number of nitro groups is 1. The molecule has 1 aromatic carbocycles. The van der Waals surface area contributed by atoms with Crippen molar-refractivity contribution in [3.05, 3.63) is 52.1 Å². The highest BCUT2D eigenvalue weighted by atomic mass is 16.6. The molecule has 0 fully saturated rings. The summed E-state index contributed by atoms with van der Waals surface area (Å²) in [6.45, 7) is 0.121. The van der Waals surface area contributed by atoms with Crippen LogP contribution in [0.25, 0.3) is 0 Å². The Hall–Kier alpha value is -2.88. The summed E-state index contributed by atoms with van der Waals surface area (Å²) < 4.78 is 7.15. The molecule has 96 valence electrons. The van der Waals surface area contributed by atoms with Gasteiger partial charge in [0, 0.05) is 25.5 Å². The van der Waals surface area contributed by atoms with E-state index < -0.39 is 4.92 Å². The van der Waals surface area contributed by atoms with Crippen LogP contribution in [0.5, 0.6) is 5.75 Å². The molecule has 1 aromatic heterocycles. The Morgan fingerprint density at radius 2 is 2.37 bits per heavy atom. The van der Waals surface area contributed by atoms with Crippen molar-refractivity contribution in [1.82, 2.24) is 9.55 Å². The Bertz CT molecular complexity index is 657. The van der Waals surface area contributed by atoms with Crippen LogP contribution in [0.1, 0.15) is 11.4 Å². The highest BCUT2D eigenvalue weighted by Crippen LogP contribution is 2.28. The van der Waals surface area contributed by atoms with Gasteiger partial charge in [-0.25, -0.2) is 4.98 Å². The first-order valence-electron chi connectivity index (χ1n) is 5.39. The molecule has 0 aliphatic rings. The van der Waals surface area contributed by atoms with Gasteiger partial charge in [0.15, 0.2) is 5.75 Å². The van der Waals surface area contributed by atoms with E-state index in [9.17, 15) is 10.1 Å². The maximum atomic E-state index is 10.9. The monoisotopic (exact) mass is 258 g/mol. The van der Waals surface area contributed by atoms with Crippen LogP contribution in [0.3, 0.4) is 0 Å². The SMILES string of the molecule is Cn1ccnc1COc1ccc(C#N)cc1[N+](=O)[O-]. The summed E-state index contributed by atoms with van der Waals surface area (Å²) in [5.74, 6) is 0.769. The molecular weight excluding hydrogens is 248 g/mol. The molecule has 0 aliphatic carbocycles. The third kappa shape index (κ3) is 2.69. The van der Waals surface area contributed by atoms with Gasteiger partial charge < -0.3 is 9.30 Å². The van der Waals surface area contributed by atoms with E-state index in [0.29, 0.717) is 5.82 Å². The number of nitro benzene ring substituents is 1. The van der Waals surface area contributed by atoms with Gasteiger partial charge in [0.05, 0.1) is 16.6 Å². The minimum Gasteiger partial charge on any atom is -0.479 e. The first kappa shape index (κ1) is 12.6. The molecule has 19 heavy (non-hydrogen) atoms. The van der Waals surface area contributed by atoms with Crippen LogP contribution in [0.4, 0.5) is 5.69 Å². The summed E-state index contributed by atoms with van der Waals surface area (Å²) in [7, 11) is 1.80. The summed E-state index contributed by atoms with van der Waals surface area (Å²) in [6, 6.07) is 5.93. The van der Waals surface area contributed by atoms with Crippen LogP contribution < -0.4 is 4.74 Å². The molecule has 0 spiro atoms. The zero-order valence-corrected chi connectivity index (χ0v) is 10.1. The topological polar surface area (TPSA) is 94.0 Å². The van der Waals surface area contributed by atoms with Crippen LogP contribution in [-0.4, -0.2) is 14.5 Å². The quantitative estimate of drug-likeness (QED) is 0.615. The van der Waals surface area contributed by atoms with E-state index in [0.717, 1.165) is 0 Å². The molecule has 0 saturated carbocycles. The lowest BCUT2D eigenvalue weighted by Gasteiger charge is -2.06. The molecule has 0 atom stereocenters. The Morgan fingerprint density at radius 1 is 1.58 bits per heavy atom. The molecular formula is C12H10N4O3. The fourth-order valence-corrected chi connectivity index (χ4v) is 1.53. The largest absolute Gasteiger partial charge is 0.479 e. The second kappa shape index (κ2) is 5.18.